The molecule has 0 bridgehead atoms. The number of rotatable bonds is 1. The van der Waals surface area contributed by atoms with Gasteiger partial charge < -0.3 is 9.52 Å². The van der Waals surface area contributed by atoms with Crippen LogP contribution in [0, 0.1) is 3.77 Å². The van der Waals surface area contributed by atoms with Crippen molar-refractivity contribution in [3.63, 3.8) is 0 Å². The molecule has 0 aromatic carbocycles. The standard InChI is InChI=1S/C5H5IO2/c6-5-4(3-7)1-2-8-5/h1-2,7H,3H2. The molecule has 1 aromatic rings. The maximum atomic E-state index is 8.54. The SMILES string of the molecule is OCc1ccoc1I. The van der Waals surface area contributed by atoms with Crippen LogP contribution in [0.15, 0.2) is 16.7 Å². The predicted octanol–water partition coefficient (Wildman–Crippen LogP) is 1.38. The Labute approximate surface area is 60.6 Å². The Morgan fingerprint density at radius 3 is 2.75 bits per heavy atom. The Morgan fingerprint density at radius 2 is 2.50 bits per heavy atom. The summed E-state index contributed by atoms with van der Waals surface area (Å²) in [5.41, 5.74) is 0.852. The molecular formula is C5H5IO2. The lowest BCUT2D eigenvalue weighted by molar-refractivity contribution is 0.279. The van der Waals surface area contributed by atoms with Gasteiger partial charge in [0.2, 0.25) is 0 Å². The van der Waals surface area contributed by atoms with E-state index in [4.69, 9.17) is 9.52 Å². The molecule has 0 fully saturated rings. The molecule has 1 aromatic heterocycles. The van der Waals surface area contributed by atoms with Crippen molar-refractivity contribution in [1.82, 2.24) is 0 Å². The highest BCUT2D eigenvalue weighted by molar-refractivity contribution is 14.1. The Bertz CT molecular complexity index is 171. The zero-order valence-electron chi connectivity index (χ0n) is 4.10. The third kappa shape index (κ3) is 1.03. The van der Waals surface area contributed by atoms with Crippen LogP contribution in [0.3, 0.4) is 0 Å². The van der Waals surface area contributed by atoms with Crippen LogP contribution < -0.4 is 0 Å². The fourth-order valence-electron chi connectivity index (χ4n) is 0.432. The Hall–Kier alpha value is -0.0300. The third-order valence-corrected chi connectivity index (χ3v) is 1.81. The van der Waals surface area contributed by atoms with Crippen LogP contribution in [0.2, 0.25) is 0 Å². The number of hydrogen-bond donors (Lipinski definition) is 1. The average Bonchev–Trinajstić information content (AvgIpc) is 2.14. The van der Waals surface area contributed by atoms with Gasteiger partial charge in [-0.3, -0.25) is 0 Å². The predicted molar refractivity (Wildman–Crippen MR) is 37.3 cm³/mol. The van der Waals surface area contributed by atoms with Crippen molar-refractivity contribution < 1.29 is 9.52 Å². The lowest BCUT2D eigenvalue weighted by Crippen LogP contribution is -1.78. The first-order valence-corrected chi connectivity index (χ1v) is 3.25. The van der Waals surface area contributed by atoms with Gasteiger partial charge in [-0.15, -0.1) is 0 Å². The molecule has 0 aliphatic rings. The molecule has 1 heterocycles. The molecule has 0 atom stereocenters. The van der Waals surface area contributed by atoms with Crippen LogP contribution in [0.25, 0.3) is 0 Å². The fraction of sp³-hybridized carbons (Fsp3) is 0.200. The molecule has 0 saturated heterocycles. The van der Waals surface area contributed by atoms with Crippen LogP contribution in [-0.4, -0.2) is 5.11 Å². The highest BCUT2D eigenvalue weighted by Gasteiger charge is 1.97. The number of halogens is 1. The summed E-state index contributed by atoms with van der Waals surface area (Å²) in [6.07, 6.45) is 1.56. The van der Waals surface area contributed by atoms with Crippen LogP contribution in [0.5, 0.6) is 0 Å². The summed E-state index contributed by atoms with van der Waals surface area (Å²) in [5, 5.41) is 8.54. The molecule has 0 amide bonds. The number of furan rings is 1. The minimum absolute atomic E-state index is 0.0643. The van der Waals surface area contributed by atoms with Gasteiger partial charge in [0, 0.05) is 5.56 Å². The van der Waals surface area contributed by atoms with E-state index < -0.39 is 0 Å². The molecule has 0 saturated carbocycles. The minimum Gasteiger partial charge on any atom is -0.458 e. The molecule has 2 nitrogen and oxygen atoms in total. The lowest BCUT2D eigenvalue weighted by Gasteiger charge is -1.84. The lowest BCUT2D eigenvalue weighted by atomic mass is 10.4. The van der Waals surface area contributed by atoms with Gasteiger partial charge in [-0.2, -0.15) is 0 Å². The van der Waals surface area contributed by atoms with Crippen LogP contribution in [0.1, 0.15) is 5.56 Å². The van der Waals surface area contributed by atoms with E-state index >= 15 is 0 Å². The summed E-state index contributed by atoms with van der Waals surface area (Å²) in [4.78, 5) is 0. The maximum Gasteiger partial charge on any atom is 0.169 e. The monoisotopic (exact) mass is 224 g/mol. The van der Waals surface area contributed by atoms with Gasteiger partial charge in [0.15, 0.2) is 3.77 Å². The van der Waals surface area contributed by atoms with Crippen molar-refractivity contribution in [2.45, 2.75) is 6.61 Å². The highest BCUT2D eigenvalue weighted by atomic mass is 127. The second kappa shape index (κ2) is 2.50. The summed E-state index contributed by atoms with van der Waals surface area (Å²) in [6, 6.07) is 1.75. The van der Waals surface area contributed by atoms with Crippen molar-refractivity contribution in [1.29, 1.82) is 0 Å². The largest absolute Gasteiger partial charge is 0.458 e. The second-order valence-corrected chi connectivity index (χ2v) is 2.36. The van der Waals surface area contributed by atoms with E-state index in [2.05, 4.69) is 0 Å². The van der Waals surface area contributed by atoms with E-state index in [-0.39, 0.29) is 6.61 Å². The summed E-state index contributed by atoms with van der Waals surface area (Å²) in [5.74, 6) is 0. The summed E-state index contributed by atoms with van der Waals surface area (Å²) >= 11 is 2.03. The van der Waals surface area contributed by atoms with E-state index in [1.165, 1.54) is 0 Å². The van der Waals surface area contributed by atoms with Crippen molar-refractivity contribution in [2.24, 2.45) is 0 Å². The van der Waals surface area contributed by atoms with Crippen molar-refractivity contribution in [3.05, 3.63) is 21.7 Å². The van der Waals surface area contributed by atoms with Crippen LogP contribution in [-0.2, 0) is 6.61 Å². The zero-order valence-corrected chi connectivity index (χ0v) is 6.25. The van der Waals surface area contributed by atoms with E-state index in [0.29, 0.717) is 0 Å². The van der Waals surface area contributed by atoms with Gasteiger partial charge in [-0.05, 0) is 28.7 Å². The molecule has 0 unspecified atom stereocenters. The number of hydrogen-bond acceptors (Lipinski definition) is 2. The molecule has 8 heavy (non-hydrogen) atoms. The fourth-order valence-corrected chi connectivity index (χ4v) is 0.929. The smallest absolute Gasteiger partial charge is 0.169 e. The molecule has 1 N–H and O–H groups in total. The molecule has 1 rings (SSSR count). The quantitative estimate of drug-likeness (QED) is 0.731. The van der Waals surface area contributed by atoms with E-state index in [1.54, 1.807) is 12.3 Å². The highest BCUT2D eigenvalue weighted by Crippen LogP contribution is 2.11. The first kappa shape index (κ1) is 6.10. The Morgan fingerprint density at radius 1 is 1.75 bits per heavy atom. The van der Waals surface area contributed by atoms with Crippen molar-refractivity contribution in [2.75, 3.05) is 0 Å². The average molecular weight is 224 g/mol. The van der Waals surface area contributed by atoms with E-state index in [0.717, 1.165) is 9.33 Å². The molecule has 3 heteroatoms. The van der Waals surface area contributed by atoms with Gasteiger partial charge in [-0.25, -0.2) is 0 Å². The van der Waals surface area contributed by atoms with Gasteiger partial charge in [0.25, 0.3) is 0 Å². The summed E-state index contributed by atoms with van der Waals surface area (Å²) < 4.78 is 5.65. The molecular weight excluding hydrogens is 219 g/mol. The normalized spacial score (nSPS) is 9.75. The number of aliphatic hydroxyl groups is 1. The number of aliphatic hydroxyl groups excluding tert-OH is 1. The molecule has 0 radical (unpaired) electrons. The Balaban J connectivity index is 2.92. The van der Waals surface area contributed by atoms with Gasteiger partial charge >= 0.3 is 0 Å². The maximum absolute atomic E-state index is 8.54. The topological polar surface area (TPSA) is 33.4 Å². The van der Waals surface area contributed by atoms with Crippen molar-refractivity contribution in [3.8, 4) is 0 Å². The molecule has 0 aliphatic heterocycles. The first-order valence-electron chi connectivity index (χ1n) is 2.17. The molecule has 44 valence electrons. The second-order valence-electron chi connectivity index (χ2n) is 1.38. The summed E-state index contributed by atoms with van der Waals surface area (Å²) in [7, 11) is 0. The van der Waals surface area contributed by atoms with Crippen LogP contribution >= 0.6 is 22.6 Å². The molecule has 0 spiro atoms. The van der Waals surface area contributed by atoms with Crippen LogP contribution in [0.4, 0.5) is 0 Å². The third-order valence-electron chi connectivity index (χ3n) is 0.864. The molecule has 0 aliphatic carbocycles. The minimum atomic E-state index is 0.0643. The summed E-state index contributed by atoms with van der Waals surface area (Å²) in [6.45, 7) is 0.0643. The van der Waals surface area contributed by atoms with Gasteiger partial charge in [0.05, 0.1) is 12.9 Å². The zero-order chi connectivity index (χ0) is 5.98. The van der Waals surface area contributed by atoms with E-state index in [9.17, 15) is 0 Å². The van der Waals surface area contributed by atoms with Gasteiger partial charge in [0.1, 0.15) is 0 Å². The Kier molecular flexibility index (Phi) is 1.90. The van der Waals surface area contributed by atoms with E-state index in [1.807, 2.05) is 22.6 Å². The van der Waals surface area contributed by atoms with Crippen molar-refractivity contribution >= 4 is 22.6 Å². The van der Waals surface area contributed by atoms with Gasteiger partial charge in [-0.1, -0.05) is 0 Å². The first-order chi connectivity index (χ1) is 3.84.